The number of aromatic nitrogens is 2. The van der Waals surface area contributed by atoms with Crippen LogP contribution in [0.25, 0.3) is 0 Å². The fourth-order valence-corrected chi connectivity index (χ4v) is 0.910. The van der Waals surface area contributed by atoms with Crippen molar-refractivity contribution in [2.24, 2.45) is 5.41 Å². The van der Waals surface area contributed by atoms with E-state index in [4.69, 9.17) is 0 Å². The summed E-state index contributed by atoms with van der Waals surface area (Å²) in [5, 5.41) is 3.21. The van der Waals surface area contributed by atoms with E-state index in [0.29, 0.717) is 5.82 Å². The highest BCUT2D eigenvalue weighted by Gasteiger charge is 2.32. The molecule has 0 saturated carbocycles. The van der Waals surface area contributed by atoms with Gasteiger partial charge in [0, 0.05) is 11.6 Å². The molecular weight excluding hydrogens is 193 g/mol. The van der Waals surface area contributed by atoms with Gasteiger partial charge in [0.25, 0.3) is 0 Å². The number of hydrogen-bond acceptors (Lipinski definition) is 3. The van der Waals surface area contributed by atoms with Crippen molar-refractivity contribution in [3.05, 3.63) is 18.3 Å². The molecular formula is C11H18FN3. The molecule has 0 atom stereocenters. The van der Waals surface area contributed by atoms with Crippen LogP contribution in [0.15, 0.2) is 12.4 Å². The Balaban J connectivity index is 2.87. The Morgan fingerprint density at radius 1 is 1.13 bits per heavy atom. The van der Waals surface area contributed by atoms with Crippen molar-refractivity contribution in [2.75, 3.05) is 5.32 Å². The van der Waals surface area contributed by atoms with Crippen molar-refractivity contribution in [1.29, 1.82) is 0 Å². The molecule has 84 valence electrons. The summed E-state index contributed by atoms with van der Waals surface area (Å²) in [6, 6.07) is 1.30. The van der Waals surface area contributed by atoms with Gasteiger partial charge in [-0.15, -0.1) is 0 Å². The van der Waals surface area contributed by atoms with Crippen LogP contribution in [0.2, 0.25) is 0 Å². The van der Waals surface area contributed by atoms with E-state index in [1.165, 1.54) is 12.4 Å². The van der Waals surface area contributed by atoms with E-state index in [1.807, 2.05) is 0 Å². The van der Waals surface area contributed by atoms with Crippen LogP contribution in [0.4, 0.5) is 10.2 Å². The molecule has 0 spiro atoms. The Hall–Kier alpha value is -1.19. The summed E-state index contributed by atoms with van der Waals surface area (Å²) < 4.78 is 12.8. The molecule has 1 aromatic heterocycles. The Labute approximate surface area is 90.1 Å². The van der Waals surface area contributed by atoms with E-state index in [2.05, 4.69) is 49.9 Å². The topological polar surface area (TPSA) is 37.8 Å². The average Bonchev–Trinajstić information content (AvgIpc) is 2.00. The van der Waals surface area contributed by atoms with Crippen LogP contribution in [-0.4, -0.2) is 15.5 Å². The standard InChI is InChI=1S/C11H18FN3/c1-10(2,3)11(4,5)15-9-6-8(12)13-7-14-9/h6-7H,1-5H3,(H,13,14,15). The second-order valence-corrected chi connectivity index (χ2v) is 5.23. The molecule has 0 bridgehead atoms. The van der Waals surface area contributed by atoms with Gasteiger partial charge in [-0.05, 0) is 19.3 Å². The minimum Gasteiger partial charge on any atom is -0.364 e. The van der Waals surface area contributed by atoms with Crippen LogP contribution in [0.5, 0.6) is 0 Å². The molecule has 15 heavy (non-hydrogen) atoms. The predicted octanol–water partition coefficient (Wildman–Crippen LogP) is 2.85. The molecule has 0 unspecified atom stereocenters. The van der Waals surface area contributed by atoms with E-state index in [9.17, 15) is 4.39 Å². The molecule has 1 rings (SSSR count). The number of anilines is 1. The van der Waals surface area contributed by atoms with Crippen molar-refractivity contribution < 1.29 is 4.39 Å². The third-order valence-corrected chi connectivity index (χ3v) is 2.95. The van der Waals surface area contributed by atoms with Gasteiger partial charge < -0.3 is 5.32 Å². The Morgan fingerprint density at radius 2 is 1.73 bits per heavy atom. The summed E-state index contributed by atoms with van der Waals surface area (Å²) in [7, 11) is 0. The zero-order valence-corrected chi connectivity index (χ0v) is 9.93. The highest BCUT2D eigenvalue weighted by Crippen LogP contribution is 2.32. The highest BCUT2D eigenvalue weighted by atomic mass is 19.1. The Kier molecular flexibility index (Phi) is 2.98. The Morgan fingerprint density at radius 3 is 2.20 bits per heavy atom. The second-order valence-electron chi connectivity index (χ2n) is 5.23. The molecule has 0 aliphatic heterocycles. The quantitative estimate of drug-likeness (QED) is 0.764. The minimum atomic E-state index is -0.516. The first kappa shape index (κ1) is 11.9. The normalized spacial score (nSPS) is 12.7. The molecule has 0 fully saturated rings. The molecule has 0 amide bonds. The highest BCUT2D eigenvalue weighted by molar-refractivity contribution is 5.36. The number of nitrogens with zero attached hydrogens (tertiary/aromatic N) is 2. The van der Waals surface area contributed by atoms with Crippen LogP contribution in [-0.2, 0) is 0 Å². The van der Waals surface area contributed by atoms with Crippen molar-refractivity contribution in [2.45, 2.75) is 40.2 Å². The lowest BCUT2D eigenvalue weighted by atomic mass is 9.76. The van der Waals surface area contributed by atoms with Crippen molar-refractivity contribution >= 4 is 5.82 Å². The van der Waals surface area contributed by atoms with E-state index < -0.39 is 5.95 Å². The largest absolute Gasteiger partial charge is 0.364 e. The number of rotatable bonds is 2. The van der Waals surface area contributed by atoms with Gasteiger partial charge in [0.2, 0.25) is 5.95 Å². The second kappa shape index (κ2) is 3.76. The predicted molar refractivity (Wildman–Crippen MR) is 59.1 cm³/mol. The van der Waals surface area contributed by atoms with E-state index in [0.717, 1.165) is 0 Å². The first-order valence-corrected chi connectivity index (χ1v) is 4.98. The first-order chi connectivity index (χ1) is 6.72. The molecule has 1 aromatic rings. The van der Waals surface area contributed by atoms with Gasteiger partial charge >= 0.3 is 0 Å². The lowest BCUT2D eigenvalue weighted by molar-refractivity contribution is 0.253. The number of nitrogens with one attached hydrogen (secondary N) is 1. The third kappa shape index (κ3) is 2.88. The molecule has 0 saturated heterocycles. The molecule has 3 nitrogen and oxygen atoms in total. The maximum atomic E-state index is 12.8. The van der Waals surface area contributed by atoms with Crippen molar-refractivity contribution in [3.8, 4) is 0 Å². The minimum absolute atomic E-state index is 0.0500. The lowest BCUT2D eigenvalue weighted by Gasteiger charge is -2.39. The SMILES string of the molecule is CC(C)(C)C(C)(C)Nc1cc(F)ncn1. The molecule has 0 aliphatic rings. The van der Waals surface area contributed by atoms with Crippen LogP contribution >= 0.6 is 0 Å². The van der Waals surface area contributed by atoms with Gasteiger partial charge in [0.1, 0.15) is 12.1 Å². The van der Waals surface area contributed by atoms with E-state index in [1.54, 1.807) is 0 Å². The summed E-state index contributed by atoms with van der Waals surface area (Å²) in [4.78, 5) is 7.39. The van der Waals surface area contributed by atoms with E-state index in [-0.39, 0.29) is 11.0 Å². The third-order valence-electron chi connectivity index (χ3n) is 2.95. The number of halogens is 1. The van der Waals surface area contributed by atoms with Crippen LogP contribution in [0, 0.1) is 11.4 Å². The maximum Gasteiger partial charge on any atom is 0.217 e. The lowest BCUT2D eigenvalue weighted by Crippen LogP contribution is -2.44. The molecule has 1 N–H and O–H groups in total. The van der Waals surface area contributed by atoms with Gasteiger partial charge in [-0.3, -0.25) is 0 Å². The summed E-state index contributed by atoms with van der Waals surface area (Å²) >= 11 is 0. The first-order valence-electron chi connectivity index (χ1n) is 4.98. The van der Waals surface area contributed by atoms with Crippen molar-refractivity contribution in [3.63, 3.8) is 0 Å². The van der Waals surface area contributed by atoms with E-state index >= 15 is 0 Å². The van der Waals surface area contributed by atoms with Crippen molar-refractivity contribution in [1.82, 2.24) is 9.97 Å². The van der Waals surface area contributed by atoms with Gasteiger partial charge in [-0.2, -0.15) is 4.39 Å². The summed E-state index contributed by atoms with van der Waals surface area (Å²) in [6.45, 7) is 10.5. The smallest absolute Gasteiger partial charge is 0.217 e. The summed E-state index contributed by atoms with van der Waals surface area (Å²) in [5.74, 6) is -0.000339. The fraction of sp³-hybridized carbons (Fsp3) is 0.636. The van der Waals surface area contributed by atoms with Gasteiger partial charge in [-0.1, -0.05) is 20.8 Å². The average molecular weight is 211 g/mol. The maximum absolute atomic E-state index is 12.8. The number of hydrogen-bond donors (Lipinski definition) is 1. The zero-order valence-electron chi connectivity index (χ0n) is 9.93. The summed E-state index contributed by atoms with van der Waals surface area (Å²) in [5.41, 5.74) is -0.123. The van der Waals surface area contributed by atoms with Crippen LogP contribution in [0.1, 0.15) is 34.6 Å². The fourth-order valence-electron chi connectivity index (χ4n) is 0.910. The van der Waals surface area contributed by atoms with Crippen LogP contribution < -0.4 is 5.32 Å². The zero-order chi connectivity index (χ0) is 11.7. The molecule has 0 radical (unpaired) electrons. The molecule has 1 heterocycles. The molecule has 0 aromatic carbocycles. The van der Waals surface area contributed by atoms with Gasteiger partial charge in [-0.25, -0.2) is 9.97 Å². The molecule has 0 aliphatic carbocycles. The van der Waals surface area contributed by atoms with Gasteiger partial charge in [0.15, 0.2) is 0 Å². The van der Waals surface area contributed by atoms with Gasteiger partial charge in [0.05, 0.1) is 0 Å². The molecule has 4 heteroatoms. The van der Waals surface area contributed by atoms with Crippen LogP contribution in [0.3, 0.4) is 0 Å². The monoisotopic (exact) mass is 211 g/mol. The Bertz CT molecular complexity index is 342. The summed E-state index contributed by atoms with van der Waals surface area (Å²) in [6.07, 6.45) is 1.22.